The molecule has 0 aromatic heterocycles. The smallest absolute Gasteiger partial charge is 0.170 e. The molecule has 0 heterocycles. The molecule has 1 aromatic carbocycles. The molecule has 5 heteroatoms. The standard InChI is InChI=1S/C14H23N3O2/c1-10(2)6-13(18)9-16-8-11-4-3-5-12(7-11)14(15)17-19/h3-5,7,10,13,16,18-19H,6,8-9H2,1-2H3,(H2,15,17). The number of hydrogen-bond acceptors (Lipinski definition) is 4. The number of nitrogens with one attached hydrogen (secondary N) is 1. The zero-order valence-corrected chi connectivity index (χ0v) is 11.5. The normalized spacial score (nSPS) is 13.8. The van der Waals surface area contributed by atoms with E-state index in [0.717, 1.165) is 12.0 Å². The highest BCUT2D eigenvalue weighted by Crippen LogP contribution is 2.06. The molecule has 1 rings (SSSR count). The van der Waals surface area contributed by atoms with Gasteiger partial charge in [-0.2, -0.15) is 0 Å². The van der Waals surface area contributed by atoms with E-state index < -0.39 is 0 Å². The first kappa shape index (κ1) is 15.5. The Balaban J connectivity index is 2.45. The summed E-state index contributed by atoms with van der Waals surface area (Å²) in [4.78, 5) is 0. The first-order valence-electron chi connectivity index (χ1n) is 6.48. The van der Waals surface area contributed by atoms with Crippen LogP contribution in [0.15, 0.2) is 29.4 Å². The van der Waals surface area contributed by atoms with Crippen molar-refractivity contribution in [1.29, 1.82) is 0 Å². The molecule has 1 atom stereocenters. The van der Waals surface area contributed by atoms with Crippen LogP contribution < -0.4 is 11.1 Å². The van der Waals surface area contributed by atoms with Gasteiger partial charge in [-0.15, -0.1) is 0 Å². The third kappa shape index (κ3) is 5.72. The lowest BCUT2D eigenvalue weighted by atomic mass is 10.1. The first-order chi connectivity index (χ1) is 9.02. The van der Waals surface area contributed by atoms with Crippen molar-refractivity contribution in [3.8, 4) is 0 Å². The summed E-state index contributed by atoms with van der Waals surface area (Å²) in [6, 6.07) is 7.45. The fourth-order valence-corrected chi connectivity index (χ4v) is 1.91. The van der Waals surface area contributed by atoms with Gasteiger partial charge < -0.3 is 21.4 Å². The lowest BCUT2D eigenvalue weighted by Gasteiger charge is -2.14. The number of aliphatic hydroxyl groups is 1. The van der Waals surface area contributed by atoms with E-state index in [9.17, 15) is 5.11 Å². The molecular weight excluding hydrogens is 242 g/mol. The highest BCUT2D eigenvalue weighted by molar-refractivity contribution is 5.97. The maximum atomic E-state index is 9.74. The maximum Gasteiger partial charge on any atom is 0.170 e. The number of benzene rings is 1. The van der Waals surface area contributed by atoms with Crippen molar-refractivity contribution >= 4 is 5.84 Å². The highest BCUT2D eigenvalue weighted by atomic mass is 16.4. The van der Waals surface area contributed by atoms with E-state index in [1.807, 2.05) is 18.2 Å². The molecule has 0 spiro atoms. The van der Waals surface area contributed by atoms with Gasteiger partial charge in [0, 0.05) is 18.7 Å². The Kier molecular flexibility index (Phi) is 6.32. The summed E-state index contributed by atoms with van der Waals surface area (Å²) in [6.45, 7) is 5.38. The second-order valence-corrected chi connectivity index (χ2v) is 5.10. The number of hydrogen-bond donors (Lipinski definition) is 4. The van der Waals surface area contributed by atoms with Gasteiger partial charge in [-0.3, -0.25) is 0 Å². The Morgan fingerprint density at radius 2 is 2.16 bits per heavy atom. The summed E-state index contributed by atoms with van der Waals surface area (Å²) in [5.74, 6) is 0.586. The average molecular weight is 265 g/mol. The molecule has 0 radical (unpaired) electrons. The summed E-state index contributed by atoms with van der Waals surface area (Å²) in [5, 5.41) is 24.5. The van der Waals surface area contributed by atoms with E-state index in [2.05, 4.69) is 24.3 Å². The van der Waals surface area contributed by atoms with E-state index in [4.69, 9.17) is 10.9 Å². The van der Waals surface area contributed by atoms with Crippen LogP contribution in [0.25, 0.3) is 0 Å². The zero-order chi connectivity index (χ0) is 14.3. The Morgan fingerprint density at radius 1 is 1.42 bits per heavy atom. The van der Waals surface area contributed by atoms with E-state index in [0.29, 0.717) is 24.6 Å². The third-order valence-electron chi connectivity index (χ3n) is 2.78. The van der Waals surface area contributed by atoms with Crippen LogP contribution in [0.1, 0.15) is 31.4 Å². The van der Waals surface area contributed by atoms with Crippen molar-refractivity contribution in [2.45, 2.75) is 32.9 Å². The van der Waals surface area contributed by atoms with Gasteiger partial charge in [0.1, 0.15) is 0 Å². The van der Waals surface area contributed by atoms with E-state index in [1.165, 1.54) is 0 Å². The van der Waals surface area contributed by atoms with Crippen LogP contribution in [0, 0.1) is 5.92 Å². The van der Waals surface area contributed by atoms with Crippen molar-refractivity contribution in [2.75, 3.05) is 6.54 Å². The Hall–Kier alpha value is -1.59. The highest BCUT2D eigenvalue weighted by Gasteiger charge is 2.06. The van der Waals surface area contributed by atoms with Crippen LogP contribution in [-0.2, 0) is 6.54 Å². The van der Waals surface area contributed by atoms with Crippen LogP contribution in [0.4, 0.5) is 0 Å². The molecule has 0 saturated carbocycles. The number of oxime groups is 1. The van der Waals surface area contributed by atoms with Gasteiger partial charge >= 0.3 is 0 Å². The molecule has 0 saturated heterocycles. The monoisotopic (exact) mass is 265 g/mol. The molecule has 0 amide bonds. The van der Waals surface area contributed by atoms with E-state index in [-0.39, 0.29) is 11.9 Å². The van der Waals surface area contributed by atoms with Crippen LogP contribution in [0.5, 0.6) is 0 Å². The largest absolute Gasteiger partial charge is 0.409 e. The second-order valence-electron chi connectivity index (χ2n) is 5.10. The minimum absolute atomic E-state index is 0.0988. The number of rotatable bonds is 7. The molecule has 1 aromatic rings. The topological polar surface area (TPSA) is 90.9 Å². The van der Waals surface area contributed by atoms with Gasteiger partial charge in [-0.05, 0) is 24.0 Å². The number of nitrogens with zero attached hydrogens (tertiary/aromatic N) is 1. The van der Waals surface area contributed by atoms with Crippen LogP contribution in [0.3, 0.4) is 0 Å². The van der Waals surface area contributed by atoms with Gasteiger partial charge in [0.05, 0.1) is 6.10 Å². The second kappa shape index (κ2) is 7.76. The minimum Gasteiger partial charge on any atom is -0.409 e. The first-order valence-corrected chi connectivity index (χ1v) is 6.48. The van der Waals surface area contributed by atoms with Gasteiger partial charge in [-0.1, -0.05) is 37.2 Å². The predicted octanol–water partition coefficient (Wildman–Crippen LogP) is 1.28. The van der Waals surface area contributed by atoms with Gasteiger partial charge in [0.15, 0.2) is 5.84 Å². The van der Waals surface area contributed by atoms with Crippen molar-refractivity contribution in [2.24, 2.45) is 16.8 Å². The molecule has 5 N–H and O–H groups in total. The zero-order valence-electron chi connectivity index (χ0n) is 11.5. The lowest BCUT2D eigenvalue weighted by molar-refractivity contribution is 0.146. The fraction of sp³-hybridized carbons (Fsp3) is 0.500. The van der Waals surface area contributed by atoms with Crippen molar-refractivity contribution in [3.05, 3.63) is 35.4 Å². The van der Waals surface area contributed by atoms with Crippen molar-refractivity contribution in [3.63, 3.8) is 0 Å². The molecule has 0 aliphatic carbocycles. The van der Waals surface area contributed by atoms with Crippen molar-refractivity contribution < 1.29 is 10.3 Å². The van der Waals surface area contributed by atoms with E-state index >= 15 is 0 Å². The molecule has 5 nitrogen and oxygen atoms in total. The van der Waals surface area contributed by atoms with Crippen molar-refractivity contribution in [1.82, 2.24) is 5.32 Å². The SMILES string of the molecule is CC(C)CC(O)CNCc1cccc(/C(N)=N/O)c1. The molecule has 0 bridgehead atoms. The fourth-order valence-electron chi connectivity index (χ4n) is 1.91. The average Bonchev–Trinajstić information content (AvgIpc) is 2.37. The van der Waals surface area contributed by atoms with E-state index in [1.54, 1.807) is 6.07 Å². The molecule has 0 aliphatic heterocycles. The Bertz CT molecular complexity index is 419. The van der Waals surface area contributed by atoms with Gasteiger partial charge in [0.25, 0.3) is 0 Å². The molecule has 106 valence electrons. The number of aliphatic hydroxyl groups excluding tert-OH is 1. The third-order valence-corrected chi connectivity index (χ3v) is 2.78. The molecule has 0 fully saturated rings. The summed E-state index contributed by atoms with van der Waals surface area (Å²) in [7, 11) is 0. The molecule has 1 unspecified atom stereocenters. The summed E-state index contributed by atoms with van der Waals surface area (Å²) >= 11 is 0. The number of amidine groups is 1. The molecule has 0 aliphatic rings. The Labute approximate surface area is 114 Å². The molecular formula is C14H23N3O2. The number of nitrogens with two attached hydrogens (primary N) is 1. The van der Waals surface area contributed by atoms with Gasteiger partial charge in [0.2, 0.25) is 0 Å². The minimum atomic E-state index is -0.327. The van der Waals surface area contributed by atoms with Crippen LogP contribution in [0.2, 0.25) is 0 Å². The summed E-state index contributed by atoms with van der Waals surface area (Å²) in [5.41, 5.74) is 7.25. The summed E-state index contributed by atoms with van der Waals surface area (Å²) in [6.07, 6.45) is 0.462. The van der Waals surface area contributed by atoms with Crippen LogP contribution >= 0.6 is 0 Å². The lowest BCUT2D eigenvalue weighted by Crippen LogP contribution is -2.27. The Morgan fingerprint density at radius 3 is 2.79 bits per heavy atom. The maximum absolute atomic E-state index is 9.74. The summed E-state index contributed by atoms with van der Waals surface area (Å²) < 4.78 is 0. The molecule has 19 heavy (non-hydrogen) atoms. The quantitative estimate of drug-likeness (QED) is 0.259. The predicted molar refractivity (Wildman–Crippen MR) is 76.1 cm³/mol. The van der Waals surface area contributed by atoms with Crippen LogP contribution in [-0.4, -0.2) is 28.8 Å². The van der Waals surface area contributed by atoms with Gasteiger partial charge in [-0.25, -0.2) is 0 Å².